The molecule has 24 heavy (non-hydrogen) atoms. The topological polar surface area (TPSA) is 77.1 Å². The van der Waals surface area contributed by atoms with Gasteiger partial charge < -0.3 is 10.3 Å². The minimum absolute atomic E-state index is 0.243. The third-order valence-electron chi connectivity index (χ3n) is 3.65. The van der Waals surface area contributed by atoms with Crippen LogP contribution >= 0.6 is 0 Å². The van der Waals surface area contributed by atoms with E-state index < -0.39 is 10.0 Å². The number of hydrogen-bond donors (Lipinski definition) is 2. The van der Waals surface area contributed by atoms with Crippen molar-refractivity contribution in [1.82, 2.24) is 4.57 Å². The summed E-state index contributed by atoms with van der Waals surface area (Å²) in [6, 6.07) is 15.8. The number of nitrogens with two attached hydrogens (primary N) is 1. The molecular formula is C18H21N3O2S. The summed E-state index contributed by atoms with van der Waals surface area (Å²) in [5.41, 5.74) is 7.33. The van der Waals surface area contributed by atoms with Crippen molar-refractivity contribution in [2.24, 2.45) is 5.73 Å². The first-order valence-corrected chi connectivity index (χ1v) is 9.19. The fourth-order valence-electron chi connectivity index (χ4n) is 2.65. The molecule has 0 saturated carbocycles. The SMILES string of the molecule is CC(C)(N)Cn1ccc2cc(NS(=O)(=O)c3ccccc3)ccc21. The summed E-state index contributed by atoms with van der Waals surface area (Å²) in [5.74, 6) is 0. The van der Waals surface area contributed by atoms with Crippen molar-refractivity contribution in [3.05, 3.63) is 60.8 Å². The predicted molar refractivity (Wildman–Crippen MR) is 97.5 cm³/mol. The molecule has 1 aromatic heterocycles. The van der Waals surface area contributed by atoms with E-state index in [0.29, 0.717) is 12.2 Å². The summed E-state index contributed by atoms with van der Waals surface area (Å²) in [6.07, 6.45) is 1.97. The monoisotopic (exact) mass is 343 g/mol. The zero-order chi connectivity index (χ0) is 17.4. The molecule has 0 fully saturated rings. The summed E-state index contributed by atoms with van der Waals surface area (Å²) >= 11 is 0. The van der Waals surface area contributed by atoms with Crippen molar-refractivity contribution in [3.63, 3.8) is 0 Å². The minimum Gasteiger partial charge on any atom is -0.346 e. The molecule has 0 unspecified atom stereocenters. The van der Waals surface area contributed by atoms with Crippen LogP contribution in [0.15, 0.2) is 65.7 Å². The summed E-state index contributed by atoms with van der Waals surface area (Å²) in [7, 11) is -3.58. The number of sulfonamides is 1. The van der Waals surface area contributed by atoms with Crippen LogP contribution < -0.4 is 10.5 Å². The van der Waals surface area contributed by atoms with Crippen LogP contribution in [-0.2, 0) is 16.6 Å². The van der Waals surface area contributed by atoms with Crippen LogP contribution in [0.1, 0.15) is 13.8 Å². The Kier molecular flexibility index (Phi) is 4.11. The second kappa shape index (κ2) is 5.96. The zero-order valence-electron chi connectivity index (χ0n) is 13.7. The molecule has 0 aliphatic rings. The lowest BCUT2D eigenvalue weighted by Crippen LogP contribution is -2.36. The summed E-state index contributed by atoms with van der Waals surface area (Å²) in [6.45, 7) is 4.63. The number of nitrogens with zero attached hydrogens (tertiary/aromatic N) is 1. The highest BCUT2D eigenvalue weighted by atomic mass is 32.2. The van der Waals surface area contributed by atoms with Gasteiger partial charge in [0, 0.05) is 34.9 Å². The molecule has 0 atom stereocenters. The second-order valence-electron chi connectivity index (χ2n) is 6.62. The number of nitrogens with one attached hydrogen (secondary N) is 1. The van der Waals surface area contributed by atoms with Gasteiger partial charge in [0.1, 0.15) is 0 Å². The van der Waals surface area contributed by atoms with Crippen molar-refractivity contribution in [3.8, 4) is 0 Å². The molecule has 2 aromatic carbocycles. The first kappa shape index (κ1) is 16.5. The molecule has 3 N–H and O–H groups in total. The van der Waals surface area contributed by atoms with E-state index in [0.717, 1.165) is 10.9 Å². The smallest absolute Gasteiger partial charge is 0.261 e. The molecule has 0 aliphatic heterocycles. The summed E-state index contributed by atoms with van der Waals surface area (Å²) in [5, 5.41) is 0.965. The van der Waals surface area contributed by atoms with Gasteiger partial charge in [0.25, 0.3) is 10.0 Å². The lowest BCUT2D eigenvalue weighted by Gasteiger charge is -2.20. The van der Waals surface area contributed by atoms with Crippen LogP contribution in [-0.4, -0.2) is 18.5 Å². The average Bonchev–Trinajstić information content (AvgIpc) is 2.88. The van der Waals surface area contributed by atoms with Gasteiger partial charge in [0.05, 0.1) is 4.90 Å². The Bertz CT molecular complexity index is 955. The van der Waals surface area contributed by atoms with E-state index in [4.69, 9.17) is 5.73 Å². The normalized spacial score (nSPS) is 12.5. The van der Waals surface area contributed by atoms with E-state index in [2.05, 4.69) is 9.29 Å². The van der Waals surface area contributed by atoms with Crippen LogP contribution in [0.4, 0.5) is 5.69 Å². The van der Waals surface area contributed by atoms with E-state index in [1.54, 1.807) is 36.4 Å². The van der Waals surface area contributed by atoms with Gasteiger partial charge in [-0.3, -0.25) is 4.72 Å². The minimum atomic E-state index is -3.58. The Labute approximate surface area is 142 Å². The highest BCUT2D eigenvalue weighted by Crippen LogP contribution is 2.23. The third-order valence-corrected chi connectivity index (χ3v) is 5.05. The number of aromatic nitrogens is 1. The molecule has 0 amide bonds. The molecule has 0 saturated heterocycles. The Hall–Kier alpha value is -2.31. The van der Waals surface area contributed by atoms with Gasteiger partial charge in [-0.15, -0.1) is 0 Å². The molecule has 3 rings (SSSR count). The number of rotatable bonds is 5. The lowest BCUT2D eigenvalue weighted by molar-refractivity contribution is 0.441. The first-order valence-electron chi connectivity index (χ1n) is 7.70. The maximum atomic E-state index is 12.4. The molecule has 0 spiro atoms. The van der Waals surface area contributed by atoms with Crippen LogP contribution in [0.5, 0.6) is 0 Å². The van der Waals surface area contributed by atoms with Gasteiger partial charge in [-0.25, -0.2) is 8.42 Å². The van der Waals surface area contributed by atoms with Gasteiger partial charge in [0.2, 0.25) is 0 Å². The number of fused-ring (bicyclic) bond motifs is 1. The summed E-state index contributed by atoms with van der Waals surface area (Å²) in [4.78, 5) is 0.243. The Morgan fingerprint density at radius 1 is 1.08 bits per heavy atom. The van der Waals surface area contributed by atoms with Crippen molar-refractivity contribution in [2.45, 2.75) is 30.8 Å². The Morgan fingerprint density at radius 3 is 2.46 bits per heavy atom. The molecule has 6 heteroatoms. The van der Waals surface area contributed by atoms with Gasteiger partial charge in [-0.2, -0.15) is 0 Å². The van der Waals surface area contributed by atoms with Gasteiger partial charge in [-0.05, 0) is 50.2 Å². The molecule has 126 valence electrons. The molecule has 1 heterocycles. The van der Waals surface area contributed by atoms with Crippen molar-refractivity contribution in [1.29, 1.82) is 0 Å². The first-order chi connectivity index (χ1) is 11.2. The van der Waals surface area contributed by atoms with Crippen molar-refractivity contribution < 1.29 is 8.42 Å². The zero-order valence-corrected chi connectivity index (χ0v) is 14.5. The second-order valence-corrected chi connectivity index (χ2v) is 8.31. The van der Waals surface area contributed by atoms with Crippen LogP contribution in [0.2, 0.25) is 0 Å². The van der Waals surface area contributed by atoms with Crippen LogP contribution in [0.25, 0.3) is 10.9 Å². The molecule has 0 bridgehead atoms. The van der Waals surface area contributed by atoms with E-state index >= 15 is 0 Å². The maximum absolute atomic E-state index is 12.4. The van der Waals surface area contributed by atoms with Gasteiger partial charge >= 0.3 is 0 Å². The van der Waals surface area contributed by atoms with Crippen molar-refractivity contribution >= 4 is 26.6 Å². The Balaban J connectivity index is 1.90. The van der Waals surface area contributed by atoms with E-state index in [1.165, 1.54) is 0 Å². The van der Waals surface area contributed by atoms with Crippen LogP contribution in [0.3, 0.4) is 0 Å². The number of benzene rings is 2. The van der Waals surface area contributed by atoms with E-state index in [1.807, 2.05) is 38.2 Å². The molecule has 0 aliphatic carbocycles. The van der Waals surface area contributed by atoms with E-state index in [-0.39, 0.29) is 10.4 Å². The molecular weight excluding hydrogens is 322 g/mol. The van der Waals surface area contributed by atoms with Crippen molar-refractivity contribution in [2.75, 3.05) is 4.72 Å². The molecule has 3 aromatic rings. The predicted octanol–water partition coefficient (Wildman–Crippen LogP) is 3.18. The largest absolute Gasteiger partial charge is 0.346 e. The number of anilines is 1. The number of hydrogen-bond acceptors (Lipinski definition) is 3. The van der Waals surface area contributed by atoms with Gasteiger partial charge in [-0.1, -0.05) is 18.2 Å². The molecule has 0 radical (unpaired) electrons. The van der Waals surface area contributed by atoms with Gasteiger partial charge in [0.15, 0.2) is 0 Å². The fourth-order valence-corrected chi connectivity index (χ4v) is 3.72. The van der Waals surface area contributed by atoms with Crippen LogP contribution in [0, 0.1) is 0 Å². The lowest BCUT2D eigenvalue weighted by atomic mass is 10.1. The highest BCUT2D eigenvalue weighted by molar-refractivity contribution is 7.92. The van der Waals surface area contributed by atoms with E-state index in [9.17, 15) is 8.42 Å². The summed E-state index contributed by atoms with van der Waals surface area (Å²) < 4.78 is 29.5. The molecule has 5 nitrogen and oxygen atoms in total. The quantitative estimate of drug-likeness (QED) is 0.747. The fraction of sp³-hybridized carbons (Fsp3) is 0.222. The Morgan fingerprint density at radius 2 is 1.79 bits per heavy atom. The standard InChI is InChI=1S/C18H21N3O2S/c1-18(2,19)13-21-11-10-14-12-15(8-9-17(14)21)20-24(22,23)16-6-4-3-5-7-16/h3-12,20H,13,19H2,1-2H3. The highest BCUT2D eigenvalue weighted by Gasteiger charge is 2.15. The maximum Gasteiger partial charge on any atom is 0.261 e. The average molecular weight is 343 g/mol. The third kappa shape index (κ3) is 3.60.